The summed E-state index contributed by atoms with van der Waals surface area (Å²) in [6.45, 7) is 5.45. The van der Waals surface area contributed by atoms with E-state index in [4.69, 9.17) is 33.2 Å². The number of carbonyl (C=O) groups excluding carboxylic acids is 3. The van der Waals surface area contributed by atoms with Crippen LogP contribution in [0.25, 0.3) is 0 Å². The summed E-state index contributed by atoms with van der Waals surface area (Å²) in [5.74, 6) is 0.910. The van der Waals surface area contributed by atoms with Crippen molar-refractivity contribution in [1.82, 2.24) is 15.1 Å². The van der Waals surface area contributed by atoms with Gasteiger partial charge in [-0.05, 0) is 80.1 Å². The van der Waals surface area contributed by atoms with E-state index >= 15 is 4.79 Å². The van der Waals surface area contributed by atoms with Crippen LogP contribution in [0.2, 0.25) is 0 Å². The zero-order valence-corrected chi connectivity index (χ0v) is 38.3. The molecule has 3 fully saturated rings. The van der Waals surface area contributed by atoms with Crippen LogP contribution in [-0.2, 0) is 49.5 Å². The van der Waals surface area contributed by atoms with Gasteiger partial charge in [0.05, 0.1) is 37.1 Å². The van der Waals surface area contributed by atoms with Gasteiger partial charge in [-0.1, -0.05) is 36.4 Å². The number of nitrogens with one attached hydrogen (secondary N) is 1. The molecule has 4 aromatic carbocycles. The molecule has 15 nitrogen and oxygen atoms in total. The second-order valence-corrected chi connectivity index (χ2v) is 19.5. The van der Waals surface area contributed by atoms with E-state index in [0.717, 1.165) is 22.3 Å². The standard InChI is InChI=1S/C50H50N4O11S/c1-24-16-29-17-31-32(21-51)54-41(40(53(31)4)37(29)42(57)43(24)60-6)47-38-39(46-45(61-23-62-46)25(2)44(38)63-26(3)55)50(54)20-35(50)65-48(58)49(22-66-47)30-19-33(59-5)34(18-28(30)14-15-52-49)64-36(56)13-12-27-10-8-7-9-11-27/h7-11,16,18-19,31-32,35,40-41,47,52,57H,12-15,17,20,22-23H2,1-6H3/t31-,32-,35?,40+,41?,47+,49+,50?/m0/s1. The number of phenolic OH excluding ortho intramolecular Hbond substituents is 1. The number of likely N-dealkylation sites (N-methyl/N-ethyl adjacent to an activating group) is 1. The number of rotatable bonds is 7. The number of aromatic hydroxyl groups is 1. The fourth-order valence-corrected chi connectivity index (χ4v) is 13.8. The molecule has 0 aromatic heterocycles. The first-order chi connectivity index (χ1) is 31.9. The van der Waals surface area contributed by atoms with Crippen LogP contribution in [0.4, 0.5) is 0 Å². The summed E-state index contributed by atoms with van der Waals surface area (Å²) >= 11 is 1.49. The van der Waals surface area contributed by atoms with Crippen molar-refractivity contribution in [3.63, 3.8) is 0 Å². The average molecular weight is 915 g/mol. The molecule has 0 amide bonds. The summed E-state index contributed by atoms with van der Waals surface area (Å²) in [5, 5.41) is 26.6. The molecule has 4 bridgehead atoms. The van der Waals surface area contributed by atoms with Crippen LogP contribution in [0.15, 0.2) is 48.5 Å². The molecule has 66 heavy (non-hydrogen) atoms. The molecule has 1 saturated carbocycles. The third kappa shape index (κ3) is 6.02. The molecule has 0 radical (unpaired) electrons. The minimum Gasteiger partial charge on any atom is -0.504 e. The predicted octanol–water partition coefficient (Wildman–Crippen LogP) is 5.75. The van der Waals surface area contributed by atoms with Crippen molar-refractivity contribution in [2.24, 2.45) is 0 Å². The van der Waals surface area contributed by atoms with E-state index in [1.165, 1.54) is 25.8 Å². The van der Waals surface area contributed by atoms with Gasteiger partial charge in [-0.15, -0.1) is 11.8 Å². The number of nitriles is 1. The summed E-state index contributed by atoms with van der Waals surface area (Å²) in [4.78, 5) is 46.3. The smallest absolute Gasteiger partial charge is 0.332 e. The Kier molecular flexibility index (Phi) is 10.0. The van der Waals surface area contributed by atoms with E-state index in [-0.39, 0.29) is 42.3 Å². The van der Waals surface area contributed by atoms with Crippen LogP contribution in [-0.4, -0.2) is 97.4 Å². The Morgan fingerprint density at radius 1 is 1.02 bits per heavy atom. The molecule has 2 saturated heterocycles. The lowest BCUT2D eigenvalue weighted by Crippen LogP contribution is -2.71. The summed E-state index contributed by atoms with van der Waals surface area (Å²) in [7, 11) is 5.05. The van der Waals surface area contributed by atoms with Crippen molar-refractivity contribution in [1.29, 1.82) is 5.26 Å². The number of methoxy groups -OCH3 is 2. The first-order valence-corrected chi connectivity index (χ1v) is 23.4. The fourth-order valence-electron chi connectivity index (χ4n) is 12.1. The molecule has 2 N–H and O–H groups in total. The number of piperazine rings is 1. The largest absolute Gasteiger partial charge is 0.504 e. The van der Waals surface area contributed by atoms with Gasteiger partial charge in [0.15, 0.2) is 40.0 Å². The van der Waals surface area contributed by atoms with Gasteiger partial charge in [0.2, 0.25) is 6.79 Å². The number of nitrogens with zero attached hydrogens (tertiary/aromatic N) is 3. The maximum Gasteiger partial charge on any atom is 0.332 e. The Morgan fingerprint density at radius 2 is 1.80 bits per heavy atom. The number of thioether (sulfide) groups is 1. The minimum absolute atomic E-state index is 0.0395. The monoisotopic (exact) mass is 914 g/mol. The number of ether oxygens (including phenoxy) is 7. The lowest BCUT2D eigenvalue weighted by Gasteiger charge is -2.62. The molecule has 8 aliphatic rings. The third-order valence-electron chi connectivity index (χ3n) is 15.0. The Hall–Kier alpha value is -5.99. The van der Waals surface area contributed by atoms with E-state index in [9.17, 15) is 20.0 Å². The first-order valence-electron chi connectivity index (χ1n) is 22.3. The first kappa shape index (κ1) is 42.6. The Balaban J connectivity index is 1.09. The molecule has 342 valence electrons. The van der Waals surface area contributed by atoms with Gasteiger partial charge in [-0.3, -0.25) is 24.7 Å². The highest BCUT2D eigenvalue weighted by Gasteiger charge is 2.75. The number of phenols is 1. The van der Waals surface area contributed by atoms with Crippen molar-refractivity contribution in [3.05, 3.63) is 98.6 Å². The molecule has 16 heteroatoms. The summed E-state index contributed by atoms with van der Waals surface area (Å²) in [6.07, 6.45) is 1.20. The molecule has 7 aliphatic heterocycles. The number of carbonyl (C=O) groups is 3. The number of esters is 3. The van der Waals surface area contributed by atoms with Gasteiger partial charge in [0.1, 0.15) is 17.9 Å². The molecule has 7 heterocycles. The fraction of sp³-hybridized carbons (Fsp3) is 0.440. The zero-order chi connectivity index (χ0) is 46.0. The number of hydrogen-bond donors (Lipinski definition) is 2. The second kappa shape index (κ2) is 15.5. The number of benzene rings is 4. The summed E-state index contributed by atoms with van der Waals surface area (Å²) in [6, 6.07) is 16.0. The van der Waals surface area contributed by atoms with E-state index in [1.54, 1.807) is 19.2 Å². The van der Waals surface area contributed by atoms with Gasteiger partial charge in [0, 0.05) is 66.4 Å². The zero-order valence-electron chi connectivity index (χ0n) is 37.5. The maximum atomic E-state index is 15.4. The molecule has 2 spiro atoms. The summed E-state index contributed by atoms with van der Waals surface area (Å²) < 4.78 is 43.2. The second-order valence-electron chi connectivity index (χ2n) is 18.4. The molecular weight excluding hydrogens is 865 g/mol. The maximum absolute atomic E-state index is 15.4. The van der Waals surface area contributed by atoms with Crippen LogP contribution in [0.1, 0.15) is 81.1 Å². The highest BCUT2D eigenvalue weighted by atomic mass is 32.2. The summed E-state index contributed by atoms with van der Waals surface area (Å²) in [5.41, 5.74) is 4.29. The van der Waals surface area contributed by atoms with Crippen molar-refractivity contribution < 1.29 is 52.6 Å². The van der Waals surface area contributed by atoms with E-state index < -0.39 is 58.5 Å². The van der Waals surface area contributed by atoms with Crippen LogP contribution in [0, 0.1) is 25.2 Å². The van der Waals surface area contributed by atoms with Crippen molar-refractivity contribution in [2.75, 3.05) is 40.4 Å². The predicted molar refractivity (Wildman–Crippen MR) is 239 cm³/mol. The lowest BCUT2D eigenvalue weighted by atomic mass is 9.70. The number of aryl methyl sites for hydroxylation is 2. The number of hydrogen-bond acceptors (Lipinski definition) is 16. The Morgan fingerprint density at radius 3 is 2.55 bits per heavy atom. The SMILES string of the molecule is COc1cc2c(cc1OC(=O)CCc1ccccc1)CCN[C@]21CS[C@@H]2c3c(OC(C)=O)c(C)c4c(c3C3(CC3OC1=O)N1C2[C@H]2c3c(cc(C)c(OC)c3O)C[C@@H]([C@@H]1C#N)N2C)OCO4. The number of fused-ring (bicyclic) bond motifs is 8. The highest BCUT2D eigenvalue weighted by molar-refractivity contribution is 7.99. The topological polar surface area (TPSA) is 178 Å². The van der Waals surface area contributed by atoms with Crippen LogP contribution < -0.4 is 33.7 Å². The molecule has 4 aromatic rings. The van der Waals surface area contributed by atoms with Gasteiger partial charge < -0.3 is 38.3 Å². The Bertz CT molecular complexity index is 2800. The van der Waals surface area contributed by atoms with Gasteiger partial charge in [-0.25, -0.2) is 4.79 Å². The van der Waals surface area contributed by atoms with E-state index in [1.807, 2.05) is 51.2 Å². The van der Waals surface area contributed by atoms with Crippen LogP contribution in [0.5, 0.6) is 40.2 Å². The van der Waals surface area contributed by atoms with Gasteiger partial charge >= 0.3 is 17.9 Å². The molecule has 3 unspecified atom stereocenters. The Labute approximate surface area is 386 Å². The molecule has 1 aliphatic carbocycles. The third-order valence-corrected chi connectivity index (χ3v) is 16.4. The minimum atomic E-state index is -1.43. The van der Waals surface area contributed by atoms with Crippen LogP contribution >= 0.6 is 11.8 Å². The average Bonchev–Trinajstić information content (AvgIpc) is 3.75. The van der Waals surface area contributed by atoms with Gasteiger partial charge in [0.25, 0.3) is 0 Å². The van der Waals surface area contributed by atoms with Crippen LogP contribution in [0.3, 0.4) is 0 Å². The van der Waals surface area contributed by atoms with Crippen molar-refractivity contribution in [3.8, 4) is 46.3 Å². The molecule has 8 atom stereocenters. The highest BCUT2D eigenvalue weighted by Crippen LogP contribution is 2.72. The lowest BCUT2D eigenvalue weighted by molar-refractivity contribution is -0.158. The van der Waals surface area contributed by atoms with Crippen molar-refractivity contribution in [2.45, 2.75) is 99.5 Å². The molecular formula is C50H50N4O11S. The van der Waals surface area contributed by atoms with Gasteiger partial charge in [-0.2, -0.15) is 5.26 Å². The van der Waals surface area contributed by atoms with E-state index in [2.05, 4.69) is 27.3 Å². The normalized spacial score (nSPS) is 28.7. The molecule has 12 rings (SSSR count). The van der Waals surface area contributed by atoms with E-state index in [0.29, 0.717) is 83.0 Å². The quantitative estimate of drug-likeness (QED) is 0.169. The van der Waals surface area contributed by atoms with Crippen molar-refractivity contribution >= 4 is 29.7 Å².